The van der Waals surface area contributed by atoms with Gasteiger partial charge in [-0.15, -0.1) is 0 Å². The summed E-state index contributed by atoms with van der Waals surface area (Å²) in [5.41, 5.74) is 1.12. The third-order valence-electron chi connectivity index (χ3n) is 3.46. The van der Waals surface area contributed by atoms with Crippen LogP contribution in [0.1, 0.15) is 28.9 Å². The van der Waals surface area contributed by atoms with Crippen molar-refractivity contribution in [2.45, 2.75) is 19.4 Å². The van der Waals surface area contributed by atoms with E-state index in [2.05, 4.69) is 9.88 Å². The van der Waals surface area contributed by atoms with Crippen LogP contribution in [-0.4, -0.2) is 47.8 Å². The normalized spacial score (nSPS) is 20.4. The first-order valence-corrected chi connectivity index (χ1v) is 6.58. The minimum atomic E-state index is -0.974. The van der Waals surface area contributed by atoms with Crippen molar-refractivity contribution in [3.63, 3.8) is 0 Å². The highest BCUT2D eigenvalue weighted by Gasteiger charge is 2.20. The molecule has 0 aliphatic carbocycles. The van der Waals surface area contributed by atoms with E-state index in [0.717, 1.165) is 31.8 Å². The maximum Gasteiger partial charge on any atom is 0.354 e. The Morgan fingerprint density at radius 1 is 1.63 bits per heavy atom. The molecule has 104 valence electrons. The second kappa shape index (κ2) is 6.63. The van der Waals surface area contributed by atoms with Crippen molar-refractivity contribution in [3.05, 3.63) is 29.6 Å². The van der Waals surface area contributed by atoms with Crippen molar-refractivity contribution < 1.29 is 14.6 Å². The average molecular weight is 264 g/mol. The second-order valence-corrected chi connectivity index (χ2v) is 5.05. The second-order valence-electron chi connectivity index (χ2n) is 5.05. The monoisotopic (exact) mass is 264 g/mol. The number of carbonyl (C=O) groups is 1. The Morgan fingerprint density at radius 3 is 3.21 bits per heavy atom. The number of piperidine rings is 1. The minimum absolute atomic E-state index is 0.114. The Kier molecular flexibility index (Phi) is 4.87. The molecule has 1 atom stereocenters. The lowest BCUT2D eigenvalue weighted by Crippen LogP contribution is -2.36. The number of rotatable bonds is 5. The molecule has 2 rings (SSSR count). The molecule has 0 aromatic carbocycles. The number of nitrogens with zero attached hydrogens (tertiary/aromatic N) is 2. The maximum absolute atomic E-state index is 10.9. The molecular weight excluding hydrogens is 244 g/mol. The highest BCUT2D eigenvalue weighted by molar-refractivity contribution is 5.85. The van der Waals surface area contributed by atoms with Gasteiger partial charge in [0.1, 0.15) is 5.69 Å². The van der Waals surface area contributed by atoms with E-state index in [1.54, 1.807) is 19.4 Å². The van der Waals surface area contributed by atoms with E-state index in [1.165, 1.54) is 12.8 Å². The van der Waals surface area contributed by atoms with E-state index in [0.29, 0.717) is 5.92 Å². The summed E-state index contributed by atoms with van der Waals surface area (Å²) in [6.45, 7) is 3.65. The van der Waals surface area contributed by atoms with E-state index in [4.69, 9.17) is 9.84 Å². The molecule has 1 aromatic heterocycles. The zero-order chi connectivity index (χ0) is 13.7. The topological polar surface area (TPSA) is 62.7 Å². The summed E-state index contributed by atoms with van der Waals surface area (Å²) in [5, 5.41) is 8.93. The van der Waals surface area contributed by atoms with Gasteiger partial charge in [-0.05, 0) is 43.0 Å². The molecule has 1 saturated heterocycles. The predicted octanol–water partition coefficient (Wildman–Crippen LogP) is 1.64. The Bertz CT molecular complexity index is 434. The van der Waals surface area contributed by atoms with Gasteiger partial charge in [-0.2, -0.15) is 0 Å². The van der Waals surface area contributed by atoms with Crippen LogP contribution in [0.5, 0.6) is 0 Å². The molecule has 5 nitrogen and oxygen atoms in total. The predicted molar refractivity (Wildman–Crippen MR) is 71.1 cm³/mol. The molecule has 1 N–H and O–H groups in total. The molecule has 1 aliphatic heterocycles. The van der Waals surface area contributed by atoms with Gasteiger partial charge in [-0.1, -0.05) is 0 Å². The fourth-order valence-corrected chi connectivity index (χ4v) is 2.61. The molecular formula is C14H20N2O3. The summed E-state index contributed by atoms with van der Waals surface area (Å²) in [6.07, 6.45) is 3.95. The molecule has 0 saturated carbocycles. The summed E-state index contributed by atoms with van der Waals surface area (Å²) in [5.74, 6) is -0.391. The zero-order valence-electron chi connectivity index (χ0n) is 11.2. The van der Waals surface area contributed by atoms with E-state index < -0.39 is 5.97 Å². The summed E-state index contributed by atoms with van der Waals surface area (Å²) in [6, 6.07) is 3.54. The van der Waals surface area contributed by atoms with Crippen molar-refractivity contribution in [3.8, 4) is 0 Å². The van der Waals surface area contributed by atoms with Crippen LogP contribution in [-0.2, 0) is 11.3 Å². The fourth-order valence-electron chi connectivity index (χ4n) is 2.61. The summed E-state index contributed by atoms with van der Waals surface area (Å²) < 4.78 is 5.22. The van der Waals surface area contributed by atoms with Gasteiger partial charge in [-0.25, -0.2) is 9.78 Å². The fraction of sp³-hybridized carbons (Fsp3) is 0.571. The molecule has 1 aromatic rings. The number of pyridine rings is 1. The molecule has 0 amide bonds. The van der Waals surface area contributed by atoms with Gasteiger partial charge in [0.05, 0.1) is 6.61 Å². The number of hydrogen-bond donors (Lipinski definition) is 1. The van der Waals surface area contributed by atoms with Gasteiger partial charge >= 0.3 is 5.97 Å². The van der Waals surface area contributed by atoms with Crippen molar-refractivity contribution >= 4 is 5.97 Å². The van der Waals surface area contributed by atoms with Crippen molar-refractivity contribution in [1.29, 1.82) is 0 Å². The Labute approximate surface area is 113 Å². The Balaban J connectivity index is 1.96. The number of aromatic nitrogens is 1. The van der Waals surface area contributed by atoms with E-state index in [1.807, 2.05) is 6.07 Å². The summed E-state index contributed by atoms with van der Waals surface area (Å²) in [4.78, 5) is 17.1. The SMILES string of the molecule is COCC1CCCN(Cc2ccnc(C(=O)O)c2)C1. The number of ether oxygens (including phenoxy) is 1. The number of carboxylic acid groups (broad SMARTS) is 1. The van der Waals surface area contributed by atoms with Gasteiger partial charge in [0.15, 0.2) is 0 Å². The summed E-state index contributed by atoms with van der Waals surface area (Å²) in [7, 11) is 1.74. The lowest BCUT2D eigenvalue weighted by Gasteiger charge is -2.32. The number of hydrogen-bond acceptors (Lipinski definition) is 4. The Hall–Kier alpha value is -1.46. The van der Waals surface area contributed by atoms with Crippen LogP contribution in [0.2, 0.25) is 0 Å². The lowest BCUT2D eigenvalue weighted by molar-refractivity contribution is 0.0690. The van der Waals surface area contributed by atoms with Gasteiger partial charge < -0.3 is 9.84 Å². The van der Waals surface area contributed by atoms with Crippen LogP contribution < -0.4 is 0 Å². The first-order valence-electron chi connectivity index (χ1n) is 6.58. The van der Waals surface area contributed by atoms with Crippen LogP contribution in [0.3, 0.4) is 0 Å². The molecule has 1 unspecified atom stereocenters. The molecule has 1 fully saturated rings. The van der Waals surface area contributed by atoms with Gasteiger partial charge in [-0.3, -0.25) is 4.90 Å². The number of methoxy groups -OCH3 is 1. The van der Waals surface area contributed by atoms with Crippen LogP contribution in [0.15, 0.2) is 18.3 Å². The average Bonchev–Trinajstić information content (AvgIpc) is 2.40. The number of aromatic carboxylic acids is 1. The standard InChI is InChI=1S/C14H20N2O3/c1-19-10-12-3-2-6-16(9-12)8-11-4-5-15-13(7-11)14(17)18/h4-5,7,12H,2-3,6,8-10H2,1H3,(H,17,18). The first kappa shape index (κ1) is 14.0. The van der Waals surface area contributed by atoms with E-state index >= 15 is 0 Å². The molecule has 5 heteroatoms. The van der Waals surface area contributed by atoms with Crippen LogP contribution in [0.25, 0.3) is 0 Å². The minimum Gasteiger partial charge on any atom is -0.477 e. The molecule has 0 radical (unpaired) electrons. The third kappa shape index (κ3) is 4.01. The van der Waals surface area contributed by atoms with E-state index in [-0.39, 0.29) is 5.69 Å². The van der Waals surface area contributed by atoms with Crippen LogP contribution in [0.4, 0.5) is 0 Å². The smallest absolute Gasteiger partial charge is 0.354 e. The third-order valence-corrected chi connectivity index (χ3v) is 3.46. The van der Waals surface area contributed by atoms with E-state index in [9.17, 15) is 4.79 Å². The maximum atomic E-state index is 10.9. The summed E-state index contributed by atoms with van der Waals surface area (Å²) >= 11 is 0. The first-order chi connectivity index (χ1) is 9.19. The lowest BCUT2D eigenvalue weighted by atomic mass is 9.98. The number of carboxylic acids is 1. The Morgan fingerprint density at radius 2 is 2.47 bits per heavy atom. The van der Waals surface area contributed by atoms with Crippen molar-refractivity contribution in [2.24, 2.45) is 5.92 Å². The molecule has 19 heavy (non-hydrogen) atoms. The van der Waals surface area contributed by atoms with Crippen molar-refractivity contribution in [1.82, 2.24) is 9.88 Å². The largest absolute Gasteiger partial charge is 0.477 e. The molecule has 1 aliphatic rings. The van der Waals surface area contributed by atoms with Gasteiger partial charge in [0.2, 0.25) is 0 Å². The van der Waals surface area contributed by atoms with Crippen LogP contribution in [0, 0.1) is 5.92 Å². The van der Waals surface area contributed by atoms with Crippen molar-refractivity contribution in [2.75, 3.05) is 26.8 Å². The highest BCUT2D eigenvalue weighted by atomic mass is 16.5. The quantitative estimate of drug-likeness (QED) is 0.876. The van der Waals surface area contributed by atoms with Gasteiger partial charge in [0.25, 0.3) is 0 Å². The molecule has 0 spiro atoms. The van der Waals surface area contributed by atoms with Gasteiger partial charge in [0, 0.05) is 26.4 Å². The van der Waals surface area contributed by atoms with Crippen LogP contribution >= 0.6 is 0 Å². The molecule has 0 bridgehead atoms. The number of likely N-dealkylation sites (tertiary alicyclic amines) is 1. The highest BCUT2D eigenvalue weighted by Crippen LogP contribution is 2.18. The zero-order valence-corrected chi connectivity index (χ0v) is 11.2. The molecule has 2 heterocycles.